The first kappa shape index (κ1) is 37.5. The van der Waals surface area contributed by atoms with E-state index >= 15 is 0 Å². The Morgan fingerprint density at radius 1 is 1.04 bits per heavy atom. The molecule has 2 heterocycles. The number of methoxy groups -OCH3 is 1. The number of benzene rings is 2. The Balaban J connectivity index is 1.42. The minimum absolute atomic E-state index is 0.0331. The number of oxime groups is 1. The number of carbonyl (C=O) groups is 5. The average Bonchev–Trinajstić information content (AvgIpc) is 3.66. The highest BCUT2D eigenvalue weighted by molar-refractivity contribution is 6.38. The molecule has 4 amide bonds. The maximum atomic E-state index is 14.7. The topological polar surface area (TPSA) is 156 Å². The molecule has 6 atom stereocenters. The molecule has 12 heteroatoms. The fraction of sp³-hybridized carbons (Fsp3) is 0.538. The van der Waals surface area contributed by atoms with Crippen LogP contribution in [0, 0.1) is 25.2 Å². The molecule has 2 aliphatic heterocycles. The Morgan fingerprint density at radius 3 is 2.29 bits per heavy atom. The monoisotopic (exact) mass is 701 g/mol. The summed E-state index contributed by atoms with van der Waals surface area (Å²) in [7, 11) is 2.99. The number of ketones is 1. The van der Waals surface area contributed by atoms with E-state index in [9.17, 15) is 24.0 Å². The van der Waals surface area contributed by atoms with Gasteiger partial charge >= 0.3 is 0 Å². The van der Waals surface area contributed by atoms with Gasteiger partial charge in [-0.05, 0) is 66.8 Å². The second-order valence-corrected chi connectivity index (χ2v) is 15.3. The Bertz CT molecular complexity index is 1690. The molecular formula is C39H51N5O7. The third kappa shape index (κ3) is 7.94. The second kappa shape index (κ2) is 14.9. The predicted molar refractivity (Wildman–Crippen MR) is 192 cm³/mol. The summed E-state index contributed by atoms with van der Waals surface area (Å²) in [5, 5.41) is 12.6. The van der Waals surface area contributed by atoms with Crippen molar-refractivity contribution in [2.45, 2.75) is 103 Å². The molecule has 2 aromatic carbocycles. The van der Waals surface area contributed by atoms with Crippen LogP contribution < -0.4 is 20.7 Å². The molecule has 0 radical (unpaired) electrons. The first-order valence-electron chi connectivity index (χ1n) is 17.8. The van der Waals surface area contributed by atoms with Gasteiger partial charge in [-0.1, -0.05) is 69.6 Å². The van der Waals surface area contributed by atoms with Crippen LogP contribution in [0.25, 0.3) is 0 Å². The van der Waals surface area contributed by atoms with Gasteiger partial charge in [-0.25, -0.2) is 0 Å². The Hall–Kier alpha value is -4.74. The SMILES string of the molecule is CCC[C@H](NC(=O)[C@@H]1C[C@]2(CC(c3cc(C)c(OC)c(C)c3)=NO2)CN1C(=O)[C@@H](NC(=O)[C@H]1CC1c1ccccc1)C(C)(C)C)C(=O)C(=O)NC. The van der Waals surface area contributed by atoms with Crippen LogP contribution in [-0.4, -0.2) is 84.5 Å². The third-order valence-corrected chi connectivity index (χ3v) is 10.2. The number of hydrogen-bond acceptors (Lipinski definition) is 8. The lowest BCUT2D eigenvalue weighted by Gasteiger charge is -2.35. The van der Waals surface area contributed by atoms with Crippen LogP contribution in [0.1, 0.15) is 88.0 Å². The molecule has 51 heavy (non-hydrogen) atoms. The van der Waals surface area contributed by atoms with Gasteiger partial charge in [-0.3, -0.25) is 24.0 Å². The number of nitrogens with one attached hydrogen (secondary N) is 3. The molecule has 3 aliphatic rings. The molecule has 0 bridgehead atoms. The van der Waals surface area contributed by atoms with Crippen LogP contribution in [0.2, 0.25) is 0 Å². The van der Waals surface area contributed by atoms with E-state index in [2.05, 4.69) is 21.1 Å². The van der Waals surface area contributed by atoms with Crippen molar-refractivity contribution in [2.75, 3.05) is 20.7 Å². The van der Waals surface area contributed by atoms with Crippen molar-refractivity contribution in [3.8, 4) is 5.75 Å². The number of aryl methyl sites for hydroxylation is 2. The molecule has 1 unspecified atom stereocenters. The average molecular weight is 702 g/mol. The number of hydrogen-bond donors (Lipinski definition) is 3. The number of likely N-dealkylation sites (N-methyl/N-ethyl adjacent to an activating group) is 1. The van der Waals surface area contributed by atoms with Crippen molar-refractivity contribution in [2.24, 2.45) is 16.5 Å². The number of amides is 4. The highest BCUT2D eigenvalue weighted by atomic mass is 16.7. The molecule has 12 nitrogen and oxygen atoms in total. The van der Waals surface area contributed by atoms with E-state index in [1.54, 1.807) is 7.11 Å². The van der Waals surface area contributed by atoms with Crippen LogP contribution in [0.3, 0.4) is 0 Å². The van der Waals surface area contributed by atoms with Gasteiger partial charge in [0.05, 0.1) is 25.4 Å². The van der Waals surface area contributed by atoms with Crippen LogP contribution in [0.15, 0.2) is 47.6 Å². The number of Topliss-reactive ketones (excluding diaryl/α,β-unsaturated/α-hetero) is 1. The van der Waals surface area contributed by atoms with Gasteiger partial charge in [0, 0.05) is 31.4 Å². The van der Waals surface area contributed by atoms with Crippen LogP contribution >= 0.6 is 0 Å². The zero-order valence-electron chi connectivity index (χ0n) is 30.9. The van der Waals surface area contributed by atoms with Crippen molar-refractivity contribution in [1.82, 2.24) is 20.9 Å². The van der Waals surface area contributed by atoms with Gasteiger partial charge in [0.25, 0.3) is 5.91 Å². The molecule has 1 aliphatic carbocycles. The molecule has 5 rings (SSSR count). The Kier molecular flexibility index (Phi) is 10.9. The van der Waals surface area contributed by atoms with Crippen molar-refractivity contribution < 1.29 is 33.5 Å². The van der Waals surface area contributed by atoms with E-state index in [4.69, 9.17) is 9.57 Å². The van der Waals surface area contributed by atoms with E-state index in [0.29, 0.717) is 25.0 Å². The normalized spacial score (nSPS) is 23.5. The Morgan fingerprint density at radius 2 is 1.71 bits per heavy atom. The molecule has 2 aromatic rings. The summed E-state index contributed by atoms with van der Waals surface area (Å²) in [6.07, 6.45) is 1.90. The number of likely N-dealkylation sites (tertiary alicyclic amines) is 1. The summed E-state index contributed by atoms with van der Waals surface area (Å²) in [4.78, 5) is 75.3. The minimum atomic E-state index is -1.07. The molecule has 1 saturated carbocycles. The van der Waals surface area contributed by atoms with E-state index in [0.717, 1.165) is 28.0 Å². The molecule has 3 N–H and O–H groups in total. The first-order chi connectivity index (χ1) is 24.1. The first-order valence-corrected chi connectivity index (χ1v) is 17.8. The van der Waals surface area contributed by atoms with Gasteiger partial charge in [0.15, 0.2) is 5.60 Å². The molecule has 0 aromatic heterocycles. The van der Waals surface area contributed by atoms with Crippen LogP contribution in [-0.2, 0) is 28.8 Å². The summed E-state index contributed by atoms with van der Waals surface area (Å²) in [6, 6.07) is 10.7. The fourth-order valence-electron chi connectivity index (χ4n) is 7.45. The van der Waals surface area contributed by atoms with Crippen molar-refractivity contribution in [3.63, 3.8) is 0 Å². The van der Waals surface area contributed by atoms with Crippen molar-refractivity contribution >= 4 is 35.1 Å². The fourth-order valence-corrected chi connectivity index (χ4v) is 7.45. The highest BCUT2D eigenvalue weighted by Crippen LogP contribution is 2.48. The Labute approximate surface area is 300 Å². The quantitative estimate of drug-likeness (QED) is 0.285. The minimum Gasteiger partial charge on any atom is -0.496 e. The van der Waals surface area contributed by atoms with Gasteiger partial charge in [0.1, 0.15) is 17.8 Å². The summed E-state index contributed by atoms with van der Waals surface area (Å²) < 4.78 is 5.54. The maximum absolute atomic E-state index is 14.7. The summed E-state index contributed by atoms with van der Waals surface area (Å²) in [6.45, 7) is 11.4. The molecule has 2 fully saturated rings. The van der Waals surface area contributed by atoms with Gasteiger partial charge < -0.3 is 30.4 Å². The summed E-state index contributed by atoms with van der Waals surface area (Å²) >= 11 is 0. The molecule has 1 spiro atoms. The standard InChI is InChI=1S/C39H51N5O7/c1-9-13-28(31(45)36(48)40-7)41-35(47)30-20-39(19-29(43-51-39)25-16-22(2)32(50-8)23(3)17-25)21-44(30)37(49)33(38(4,5)6)42-34(46)27-18-26(27)24-14-11-10-12-15-24/h10-12,14-17,26-28,30,33H,9,13,18-21H2,1-8H3,(H,40,48)(H,41,47)(H,42,46)/t26?,27-,28-,30-,33+,39+/m0/s1. The third-order valence-electron chi connectivity index (χ3n) is 10.2. The zero-order valence-corrected chi connectivity index (χ0v) is 30.9. The smallest absolute Gasteiger partial charge is 0.289 e. The summed E-state index contributed by atoms with van der Waals surface area (Å²) in [5.41, 5.74) is 2.75. The van der Waals surface area contributed by atoms with E-state index in [1.165, 1.54) is 11.9 Å². The van der Waals surface area contributed by atoms with Gasteiger partial charge in [0.2, 0.25) is 23.5 Å². The lowest BCUT2D eigenvalue weighted by molar-refractivity contribution is -0.145. The summed E-state index contributed by atoms with van der Waals surface area (Å²) in [5.74, 6) is -2.18. The lowest BCUT2D eigenvalue weighted by atomic mass is 9.85. The van der Waals surface area contributed by atoms with Crippen LogP contribution in [0.5, 0.6) is 5.75 Å². The van der Waals surface area contributed by atoms with E-state index in [1.807, 2.05) is 84.0 Å². The number of rotatable bonds is 12. The van der Waals surface area contributed by atoms with E-state index in [-0.39, 0.29) is 37.1 Å². The van der Waals surface area contributed by atoms with Crippen molar-refractivity contribution in [3.05, 3.63) is 64.7 Å². The van der Waals surface area contributed by atoms with Crippen molar-refractivity contribution in [1.29, 1.82) is 0 Å². The highest BCUT2D eigenvalue weighted by Gasteiger charge is 2.56. The molecular weight excluding hydrogens is 650 g/mol. The molecule has 1 saturated heterocycles. The largest absolute Gasteiger partial charge is 0.496 e. The van der Waals surface area contributed by atoms with Crippen LogP contribution in [0.4, 0.5) is 0 Å². The predicted octanol–water partition coefficient (Wildman–Crippen LogP) is 3.71. The maximum Gasteiger partial charge on any atom is 0.289 e. The lowest BCUT2D eigenvalue weighted by Crippen LogP contribution is -2.59. The zero-order chi connectivity index (χ0) is 37.2. The number of nitrogens with zero attached hydrogens (tertiary/aromatic N) is 2. The van der Waals surface area contributed by atoms with Gasteiger partial charge in [-0.15, -0.1) is 0 Å². The number of carbonyl (C=O) groups excluding carboxylic acids is 5. The molecule has 274 valence electrons. The number of ether oxygens (including phenoxy) is 1. The van der Waals surface area contributed by atoms with Gasteiger partial charge in [-0.2, -0.15) is 0 Å². The van der Waals surface area contributed by atoms with E-state index < -0.39 is 52.6 Å². The second-order valence-electron chi connectivity index (χ2n) is 15.3.